The van der Waals surface area contributed by atoms with E-state index in [0.717, 1.165) is 0 Å². The summed E-state index contributed by atoms with van der Waals surface area (Å²) in [5, 5.41) is 0. The quantitative estimate of drug-likeness (QED) is 0.349. The SMILES string of the molecule is C=C(C(=O)OCC)C(=O)/C(=C/N(C)C)c1ccc(F)cc1. The van der Waals surface area contributed by atoms with Crippen LogP contribution in [0.4, 0.5) is 4.39 Å². The maximum Gasteiger partial charge on any atom is 0.341 e. The summed E-state index contributed by atoms with van der Waals surface area (Å²) in [5.41, 5.74) is 0.493. The van der Waals surface area contributed by atoms with Crippen molar-refractivity contribution < 1.29 is 18.7 Å². The van der Waals surface area contributed by atoms with Crippen LogP contribution in [0, 0.1) is 5.82 Å². The summed E-state index contributed by atoms with van der Waals surface area (Å²) in [6.45, 7) is 5.29. The third-order valence-corrected chi connectivity index (χ3v) is 2.58. The van der Waals surface area contributed by atoms with Gasteiger partial charge < -0.3 is 9.64 Å². The largest absolute Gasteiger partial charge is 0.462 e. The first-order valence-electron chi connectivity index (χ1n) is 6.41. The van der Waals surface area contributed by atoms with Gasteiger partial charge in [-0.05, 0) is 24.6 Å². The molecule has 0 saturated carbocycles. The highest BCUT2D eigenvalue weighted by molar-refractivity contribution is 6.36. The standard InChI is InChI=1S/C16H18FNO3/c1-5-21-16(20)11(2)15(19)14(10-18(3)4)12-6-8-13(17)9-7-12/h6-10H,2,5H2,1,3-4H3/b14-10+. The number of hydrogen-bond acceptors (Lipinski definition) is 4. The second kappa shape index (κ2) is 7.38. The minimum atomic E-state index is -0.755. The zero-order valence-corrected chi connectivity index (χ0v) is 12.4. The number of halogens is 1. The molecule has 0 N–H and O–H groups in total. The minimum absolute atomic E-state index is 0.161. The van der Waals surface area contributed by atoms with Crippen LogP contribution in [-0.2, 0) is 14.3 Å². The number of ether oxygens (including phenoxy) is 1. The Bertz CT molecular complexity index is 574. The first-order chi connectivity index (χ1) is 9.86. The molecular formula is C16H18FNO3. The zero-order valence-electron chi connectivity index (χ0n) is 12.4. The molecule has 21 heavy (non-hydrogen) atoms. The molecule has 0 bridgehead atoms. The average molecular weight is 291 g/mol. The number of carbonyl (C=O) groups is 2. The maximum absolute atomic E-state index is 13.0. The van der Waals surface area contributed by atoms with Gasteiger partial charge in [-0.1, -0.05) is 18.7 Å². The fourth-order valence-electron chi connectivity index (χ4n) is 1.63. The fourth-order valence-corrected chi connectivity index (χ4v) is 1.63. The molecule has 0 aromatic heterocycles. The van der Waals surface area contributed by atoms with Crippen LogP contribution >= 0.6 is 0 Å². The number of nitrogens with zero attached hydrogens (tertiary/aromatic N) is 1. The highest BCUT2D eigenvalue weighted by Crippen LogP contribution is 2.20. The van der Waals surface area contributed by atoms with Gasteiger partial charge in [0.05, 0.1) is 6.61 Å². The number of carbonyl (C=O) groups excluding carboxylic acids is 2. The Morgan fingerprint density at radius 3 is 2.33 bits per heavy atom. The highest BCUT2D eigenvalue weighted by atomic mass is 19.1. The number of Topliss-reactive ketones (excluding diaryl/α,β-unsaturated/α-hetero) is 1. The van der Waals surface area contributed by atoms with E-state index in [4.69, 9.17) is 4.74 Å². The number of benzene rings is 1. The first kappa shape index (κ1) is 16.6. The van der Waals surface area contributed by atoms with Crippen LogP contribution in [0.15, 0.2) is 42.6 Å². The lowest BCUT2D eigenvalue weighted by atomic mass is 9.98. The molecule has 0 spiro atoms. The summed E-state index contributed by atoms with van der Waals surface area (Å²) in [6.07, 6.45) is 1.56. The van der Waals surface area contributed by atoms with E-state index in [9.17, 15) is 14.0 Å². The molecule has 1 aromatic carbocycles. The van der Waals surface area contributed by atoms with E-state index in [-0.39, 0.29) is 17.8 Å². The van der Waals surface area contributed by atoms with Crippen LogP contribution in [0.25, 0.3) is 5.57 Å². The van der Waals surface area contributed by atoms with E-state index in [2.05, 4.69) is 6.58 Å². The molecule has 0 saturated heterocycles. The first-order valence-corrected chi connectivity index (χ1v) is 6.41. The van der Waals surface area contributed by atoms with Gasteiger partial charge in [0.1, 0.15) is 11.4 Å². The number of ketones is 1. The number of rotatable bonds is 6. The van der Waals surface area contributed by atoms with Gasteiger partial charge in [-0.25, -0.2) is 9.18 Å². The van der Waals surface area contributed by atoms with Gasteiger partial charge in [-0.2, -0.15) is 0 Å². The lowest BCUT2D eigenvalue weighted by Gasteiger charge is -2.12. The Morgan fingerprint density at radius 2 is 1.86 bits per heavy atom. The van der Waals surface area contributed by atoms with Crippen LogP contribution in [0.3, 0.4) is 0 Å². The summed E-state index contributed by atoms with van der Waals surface area (Å²) in [6, 6.07) is 5.44. The molecule has 112 valence electrons. The molecule has 0 aliphatic carbocycles. The lowest BCUT2D eigenvalue weighted by Crippen LogP contribution is -2.17. The number of esters is 1. The predicted molar refractivity (Wildman–Crippen MR) is 78.8 cm³/mol. The third-order valence-electron chi connectivity index (χ3n) is 2.58. The van der Waals surface area contributed by atoms with E-state index in [0.29, 0.717) is 5.56 Å². The Kier molecular flexibility index (Phi) is 5.84. The molecule has 1 aromatic rings. The molecule has 0 aliphatic rings. The van der Waals surface area contributed by atoms with Gasteiger partial charge in [-0.15, -0.1) is 0 Å². The van der Waals surface area contributed by atoms with Gasteiger partial charge >= 0.3 is 5.97 Å². The van der Waals surface area contributed by atoms with Crippen LogP contribution in [-0.4, -0.2) is 37.4 Å². The fraction of sp³-hybridized carbons (Fsp3) is 0.250. The molecule has 0 atom stereocenters. The van der Waals surface area contributed by atoms with E-state index in [1.807, 2.05) is 0 Å². The van der Waals surface area contributed by atoms with E-state index < -0.39 is 17.6 Å². The van der Waals surface area contributed by atoms with Crippen LogP contribution in [0.2, 0.25) is 0 Å². The van der Waals surface area contributed by atoms with E-state index in [1.165, 1.54) is 24.3 Å². The monoisotopic (exact) mass is 291 g/mol. The Labute approximate surface area is 123 Å². The topological polar surface area (TPSA) is 46.6 Å². The van der Waals surface area contributed by atoms with Gasteiger partial charge in [0.25, 0.3) is 0 Å². The highest BCUT2D eigenvalue weighted by Gasteiger charge is 2.22. The summed E-state index contributed by atoms with van der Waals surface area (Å²) in [5.74, 6) is -1.71. The van der Waals surface area contributed by atoms with Crippen molar-refractivity contribution >= 4 is 17.3 Å². The molecule has 0 aliphatic heterocycles. The van der Waals surface area contributed by atoms with Crippen molar-refractivity contribution in [1.29, 1.82) is 0 Å². The van der Waals surface area contributed by atoms with Crippen molar-refractivity contribution in [2.24, 2.45) is 0 Å². The lowest BCUT2D eigenvalue weighted by molar-refractivity contribution is -0.139. The Balaban J connectivity index is 3.15. The molecule has 0 heterocycles. The van der Waals surface area contributed by atoms with Crippen LogP contribution < -0.4 is 0 Å². The van der Waals surface area contributed by atoms with Crippen molar-refractivity contribution in [3.63, 3.8) is 0 Å². The molecule has 1 rings (SSSR count). The summed E-state index contributed by atoms with van der Waals surface area (Å²) in [7, 11) is 3.48. The molecule has 0 amide bonds. The molecule has 0 unspecified atom stereocenters. The maximum atomic E-state index is 13.0. The van der Waals surface area contributed by atoms with Crippen LogP contribution in [0.5, 0.6) is 0 Å². The Hall–Kier alpha value is -2.43. The van der Waals surface area contributed by atoms with E-state index >= 15 is 0 Å². The number of hydrogen-bond donors (Lipinski definition) is 0. The van der Waals surface area contributed by atoms with Crippen LogP contribution in [0.1, 0.15) is 12.5 Å². The molecule has 0 radical (unpaired) electrons. The average Bonchev–Trinajstić information content (AvgIpc) is 2.44. The second-order valence-corrected chi connectivity index (χ2v) is 4.54. The number of allylic oxidation sites excluding steroid dienone is 1. The molecule has 0 fully saturated rings. The van der Waals surface area contributed by atoms with Crippen molar-refractivity contribution in [1.82, 2.24) is 4.90 Å². The summed E-state index contributed by atoms with van der Waals surface area (Å²) in [4.78, 5) is 25.7. The molecular weight excluding hydrogens is 273 g/mol. The summed E-state index contributed by atoms with van der Waals surface area (Å²) < 4.78 is 17.8. The third kappa shape index (κ3) is 4.56. The molecule has 4 nitrogen and oxygen atoms in total. The van der Waals surface area contributed by atoms with E-state index in [1.54, 1.807) is 32.1 Å². The van der Waals surface area contributed by atoms with Crippen molar-refractivity contribution in [2.75, 3.05) is 20.7 Å². The second-order valence-electron chi connectivity index (χ2n) is 4.54. The van der Waals surface area contributed by atoms with Gasteiger partial charge in [0.2, 0.25) is 5.78 Å². The van der Waals surface area contributed by atoms with Crippen molar-refractivity contribution in [3.05, 3.63) is 54.0 Å². The normalized spacial score (nSPS) is 11.0. The van der Waals surface area contributed by atoms with Crippen molar-refractivity contribution in [3.8, 4) is 0 Å². The van der Waals surface area contributed by atoms with Gasteiger partial charge in [0.15, 0.2) is 0 Å². The predicted octanol–water partition coefficient (Wildman–Crippen LogP) is 2.42. The molecule has 5 heteroatoms. The zero-order chi connectivity index (χ0) is 16.0. The van der Waals surface area contributed by atoms with Gasteiger partial charge in [0, 0.05) is 25.9 Å². The summed E-state index contributed by atoms with van der Waals surface area (Å²) >= 11 is 0. The van der Waals surface area contributed by atoms with Crippen molar-refractivity contribution in [2.45, 2.75) is 6.92 Å². The Morgan fingerprint density at radius 1 is 1.29 bits per heavy atom. The van der Waals surface area contributed by atoms with Gasteiger partial charge in [-0.3, -0.25) is 4.79 Å². The smallest absolute Gasteiger partial charge is 0.341 e. The minimum Gasteiger partial charge on any atom is -0.462 e.